The quantitative estimate of drug-likeness (QED) is 0.828. The number of nitrogens with one attached hydrogen (secondary N) is 1. The number of aryl methyl sites for hydroxylation is 1. The van der Waals surface area contributed by atoms with Gasteiger partial charge >= 0.3 is 0 Å². The Morgan fingerprint density at radius 1 is 1.33 bits per heavy atom. The van der Waals surface area contributed by atoms with Crippen LogP contribution in [0, 0.1) is 0 Å². The van der Waals surface area contributed by atoms with Crippen molar-refractivity contribution in [3.63, 3.8) is 0 Å². The molecule has 1 aromatic heterocycles. The lowest BCUT2D eigenvalue weighted by Gasteiger charge is -2.39. The molecule has 0 amide bonds. The van der Waals surface area contributed by atoms with Crippen molar-refractivity contribution in [3.8, 4) is 0 Å². The molecule has 5 heteroatoms. The van der Waals surface area contributed by atoms with Gasteiger partial charge in [0.15, 0.2) is 0 Å². The van der Waals surface area contributed by atoms with Crippen LogP contribution < -0.4 is 5.32 Å². The highest BCUT2D eigenvalue weighted by Crippen LogP contribution is 2.22. The standard InChI is InChI=1S/C16H31N5/c1-5-7-17-16(14-11-18-21(6-2)12-14)10-15-13-19(3)8-9-20(15)4/h11-12,15-17H,5-10,13H2,1-4H3. The molecule has 0 radical (unpaired) electrons. The van der Waals surface area contributed by atoms with Crippen molar-refractivity contribution in [1.82, 2.24) is 24.9 Å². The lowest BCUT2D eigenvalue weighted by atomic mass is 9.99. The number of hydrogen-bond donors (Lipinski definition) is 1. The molecule has 1 N–H and O–H groups in total. The molecule has 2 atom stereocenters. The summed E-state index contributed by atoms with van der Waals surface area (Å²) >= 11 is 0. The van der Waals surface area contributed by atoms with Crippen molar-refractivity contribution in [3.05, 3.63) is 18.0 Å². The summed E-state index contributed by atoms with van der Waals surface area (Å²) < 4.78 is 2.02. The fraction of sp³-hybridized carbons (Fsp3) is 0.812. The average Bonchev–Trinajstić information content (AvgIpc) is 2.95. The number of aromatic nitrogens is 2. The molecular weight excluding hydrogens is 262 g/mol. The second-order valence-electron chi connectivity index (χ2n) is 6.27. The molecule has 1 saturated heterocycles. The first kappa shape index (κ1) is 16.5. The van der Waals surface area contributed by atoms with E-state index < -0.39 is 0 Å². The summed E-state index contributed by atoms with van der Waals surface area (Å²) in [5, 5.41) is 8.15. The number of piperazine rings is 1. The lowest BCUT2D eigenvalue weighted by molar-refractivity contribution is 0.101. The molecule has 2 rings (SSSR count). The van der Waals surface area contributed by atoms with E-state index in [1.165, 1.54) is 18.5 Å². The Hall–Kier alpha value is -0.910. The monoisotopic (exact) mass is 293 g/mol. The predicted molar refractivity (Wildman–Crippen MR) is 87.5 cm³/mol. The van der Waals surface area contributed by atoms with Crippen LogP contribution in [0.1, 0.15) is 38.3 Å². The van der Waals surface area contributed by atoms with Gasteiger partial charge in [-0.05, 0) is 40.4 Å². The van der Waals surface area contributed by atoms with E-state index >= 15 is 0 Å². The summed E-state index contributed by atoms with van der Waals surface area (Å²) in [5.41, 5.74) is 1.33. The maximum atomic E-state index is 4.44. The Morgan fingerprint density at radius 2 is 2.14 bits per heavy atom. The Labute approximate surface area is 129 Å². The molecule has 21 heavy (non-hydrogen) atoms. The second-order valence-corrected chi connectivity index (χ2v) is 6.27. The number of nitrogens with zero attached hydrogens (tertiary/aromatic N) is 4. The number of likely N-dealkylation sites (N-methyl/N-ethyl adjacent to an activating group) is 2. The van der Waals surface area contributed by atoms with Crippen LogP contribution in [0.25, 0.3) is 0 Å². The third-order valence-corrected chi connectivity index (χ3v) is 4.51. The molecular formula is C16H31N5. The van der Waals surface area contributed by atoms with Crippen molar-refractivity contribution >= 4 is 0 Å². The summed E-state index contributed by atoms with van der Waals surface area (Å²) in [5.74, 6) is 0. The van der Waals surface area contributed by atoms with E-state index in [1.807, 2.05) is 10.9 Å². The van der Waals surface area contributed by atoms with Gasteiger partial charge in [-0.2, -0.15) is 5.10 Å². The lowest BCUT2D eigenvalue weighted by Crippen LogP contribution is -2.51. The van der Waals surface area contributed by atoms with Crippen LogP contribution in [-0.4, -0.2) is 65.9 Å². The molecule has 1 aliphatic heterocycles. The van der Waals surface area contributed by atoms with Gasteiger partial charge in [-0.1, -0.05) is 6.92 Å². The van der Waals surface area contributed by atoms with E-state index in [0.717, 1.165) is 32.6 Å². The molecule has 1 fully saturated rings. The van der Waals surface area contributed by atoms with E-state index in [0.29, 0.717) is 12.1 Å². The van der Waals surface area contributed by atoms with Gasteiger partial charge in [0.05, 0.1) is 6.20 Å². The molecule has 0 aromatic carbocycles. The minimum absolute atomic E-state index is 0.407. The van der Waals surface area contributed by atoms with Gasteiger partial charge in [-0.25, -0.2) is 0 Å². The molecule has 0 aliphatic carbocycles. The average molecular weight is 293 g/mol. The van der Waals surface area contributed by atoms with Crippen molar-refractivity contribution < 1.29 is 0 Å². The normalized spacial score (nSPS) is 22.6. The summed E-state index contributed by atoms with van der Waals surface area (Å²) in [6.45, 7) is 9.85. The Morgan fingerprint density at radius 3 is 2.81 bits per heavy atom. The first-order valence-corrected chi connectivity index (χ1v) is 8.28. The first-order chi connectivity index (χ1) is 10.1. The number of hydrogen-bond acceptors (Lipinski definition) is 4. The third-order valence-electron chi connectivity index (χ3n) is 4.51. The molecule has 120 valence electrons. The Balaban J connectivity index is 2.04. The van der Waals surface area contributed by atoms with Crippen molar-refractivity contribution in [2.75, 3.05) is 40.3 Å². The largest absolute Gasteiger partial charge is 0.310 e. The zero-order valence-corrected chi connectivity index (χ0v) is 14.0. The summed E-state index contributed by atoms with van der Waals surface area (Å²) in [4.78, 5) is 4.95. The van der Waals surface area contributed by atoms with Crippen LogP contribution in [0.4, 0.5) is 0 Å². The van der Waals surface area contributed by atoms with Crippen LogP contribution in [0.3, 0.4) is 0 Å². The van der Waals surface area contributed by atoms with Crippen LogP contribution in [0.15, 0.2) is 12.4 Å². The molecule has 2 heterocycles. The van der Waals surface area contributed by atoms with E-state index in [-0.39, 0.29) is 0 Å². The van der Waals surface area contributed by atoms with Gasteiger partial charge in [0.1, 0.15) is 0 Å². The van der Waals surface area contributed by atoms with Gasteiger partial charge in [-0.3, -0.25) is 4.68 Å². The minimum atomic E-state index is 0.407. The smallest absolute Gasteiger partial charge is 0.0537 e. The summed E-state index contributed by atoms with van der Waals surface area (Å²) in [6.07, 6.45) is 6.54. The fourth-order valence-corrected chi connectivity index (χ4v) is 3.02. The van der Waals surface area contributed by atoms with Gasteiger partial charge in [-0.15, -0.1) is 0 Å². The third kappa shape index (κ3) is 4.53. The van der Waals surface area contributed by atoms with E-state index in [1.54, 1.807) is 0 Å². The highest BCUT2D eigenvalue weighted by molar-refractivity contribution is 5.11. The van der Waals surface area contributed by atoms with Crippen LogP contribution in [-0.2, 0) is 6.54 Å². The highest BCUT2D eigenvalue weighted by Gasteiger charge is 2.26. The molecule has 1 aliphatic rings. The molecule has 2 unspecified atom stereocenters. The minimum Gasteiger partial charge on any atom is -0.310 e. The van der Waals surface area contributed by atoms with Crippen LogP contribution >= 0.6 is 0 Å². The Bertz CT molecular complexity index is 417. The van der Waals surface area contributed by atoms with Gasteiger partial charge in [0.25, 0.3) is 0 Å². The van der Waals surface area contributed by atoms with Crippen molar-refractivity contribution in [1.29, 1.82) is 0 Å². The molecule has 1 aromatic rings. The molecule has 0 saturated carbocycles. The van der Waals surface area contributed by atoms with Gasteiger partial charge in [0.2, 0.25) is 0 Å². The van der Waals surface area contributed by atoms with Crippen LogP contribution in [0.5, 0.6) is 0 Å². The SMILES string of the molecule is CCCNC(CC1CN(C)CCN1C)c1cnn(CC)c1. The summed E-state index contributed by atoms with van der Waals surface area (Å²) in [6, 6.07) is 1.02. The zero-order chi connectivity index (χ0) is 15.2. The maximum absolute atomic E-state index is 4.44. The highest BCUT2D eigenvalue weighted by atomic mass is 15.3. The van der Waals surface area contributed by atoms with Gasteiger partial charge in [0, 0.05) is 50.0 Å². The topological polar surface area (TPSA) is 36.3 Å². The van der Waals surface area contributed by atoms with Gasteiger partial charge < -0.3 is 15.1 Å². The van der Waals surface area contributed by atoms with E-state index in [4.69, 9.17) is 0 Å². The van der Waals surface area contributed by atoms with E-state index in [2.05, 4.69) is 54.4 Å². The second kappa shape index (κ2) is 7.92. The molecule has 0 bridgehead atoms. The van der Waals surface area contributed by atoms with Crippen molar-refractivity contribution in [2.45, 2.75) is 45.3 Å². The molecule has 5 nitrogen and oxygen atoms in total. The van der Waals surface area contributed by atoms with Crippen molar-refractivity contribution in [2.24, 2.45) is 0 Å². The van der Waals surface area contributed by atoms with E-state index in [9.17, 15) is 0 Å². The zero-order valence-electron chi connectivity index (χ0n) is 14.0. The maximum Gasteiger partial charge on any atom is 0.0537 e. The van der Waals surface area contributed by atoms with Crippen LogP contribution in [0.2, 0.25) is 0 Å². The predicted octanol–water partition coefficient (Wildman–Crippen LogP) is 1.58. The first-order valence-electron chi connectivity index (χ1n) is 8.28. The number of rotatable bonds is 7. The molecule has 0 spiro atoms. The Kier molecular flexibility index (Phi) is 6.21. The summed E-state index contributed by atoms with van der Waals surface area (Å²) in [7, 11) is 4.48. The fourth-order valence-electron chi connectivity index (χ4n) is 3.02.